The molecular weight excluding hydrogens is 182 g/mol. The van der Waals surface area contributed by atoms with Gasteiger partial charge in [0, 0.05) is 12.6 Å². The summed E-state index contributed by atoms with van der Waals surface area (Å²) >= 11 is 0. The van der Waals surface area contributed by atoms with Crippen molar-refractivity contribution in [1.29, 1.82) is 0 Å². The molecule has 1 rings (SSSR count). The van der Waals surface area contributed by atoms with Crippen LogP contribution in [0.5, 0.6) is 0 Å². The van der Waals surface area contributed by atoms with Crippen LogP contribution in [0.1, 0.15) is 54.4 Å². The quantitative estimate of drug-likeness (QED) is 0.731. The first-order chi connectivity index (χ1) is 6.83. The van der Waals surface area contributed by atoms with Gasteiger partial charge in [-0.05, 0) is 36.0 Å². The second-order valence-electron chi connectivity index (χ2n) is 6.70. The van der Waals surface area contributed by atoms with Gasteiger partial charge in [0.2, 0.25) is 0 Å². The molecule has 0 atom stereocenters. The lowest BCUT2D eigenvalue weighted by atomic mass is 9.73. The van der Waals surface area contributed by atoms with E-state index in [-0.39, 0.29) is 0 Å². The number of rotatable bonds is 5. The molecule has 0 amide bonds. The Bertz CT molecular complexity index is 188. The van der Waals surface area contributed by atoms with Crippen molar-refractivity contribution in [1.82, 2.24) is 5.32 Å². The van der Waals surface area contributed by atoms with Crippen molar-refractivity contribution in [2.45, 2.75) is 60.4 Å². The minimum absolute atomic E-state index is 0.433. The molecule has 1 heteroatoms. The highest BCUT2D eigenvalue weighted by molar-refractivity contribution is 4.88. The summed E-state index contributed by atoms with van der Waals surface area (Å²) in [7, 11) is 0. The molecule has 90 valence electrons. The van der Waals surface area contributed by atoms with Crippen LogP contribution in [0.4, 0.5) is 0 Å². The summed E-state index contributed by atoms with van der Waals surface area (Å²) in [6.45, 7) is 15.2. The lowest BCUT2D eigenvalue weighted by molar-refractivity contribution is 0.141. The van der Waals surface area contributed by atoms with E-state index in [1.165, 1.54) is 19.4 Å². The average molecular weight is 211 g/mol. The molecule has 0 heterocycles. The summed E-state index contributed by atoms with van der Waals surface area (Å²) in [5.41, 5.74) is 0.433. The van der Waals surface area contributed by atoms with Gasteiger partial charge in [0.1, 0.15) is 0 Å². The van der Waals surface area contributed by atoms with Crippen molar-refractivity contribution in [3.05, 3.63) is 0 Å². The molecule has 0 aromatic rings. The predicted molar refractivity (Wildman–Crippen MR) is 68.0 cm³/mol. The summed E-state index contributed by atoms with van der Waals surface area (Å²) in [6.07, 6.45) is 2.79. The van der Waals surface area contributed by atoms with Crippen LogP contribution in [0.2, 0.25) is 0 Å². The molecule has 0 radical (unpaired) electrons. The molecular formula is C14H29N. The zero-order chi connectivity index (χ0) is 11.6. The maximum atomic E-state index is 3.73. The fourth-order valence-corrected chi connectivity index (χ4v) is 1.98. The summed E-state index contributed by atoms with van der Waals surface area (Å²) < 4.78 is 0. The van der Waals surface area contributed by atoms with Gasteiger partial charge < -0.3 is 5.32 Å². The normalized spacial score (nSPS) is 27.2. The lowest BCUT2D eigenvalue weighted by Gasteiger charge is -2.41. The molecule has 0 aromatic heterocycles. The molecule has 0 aliphatic heterocycles. The summed E-state index contributed by atoms with van der Waals surface area (Å²) in [5.74, 6) is 2.61. The number of nitrogens with one attached hydrogen (secondary N) is 1. The zero-order valence-electron chi connectivity index (χ0n) is 11.4. The van der Waals surface area contributed by atoms with Gasteiger partial charge in [-0.3, -0.25) is 0 Å². The Morgan fingerprint density at radius 1 is 1.13 bits per heavy atom. The van der Waals surface area contributed by atoms with E-state index in [0.29, 0.717) is 5.41 Å². The zero-order valence-corrected chi connectivity index (χ0v) is 11.4. The van der Waals surface area contributed by atoms with E-state index in [1.807, 2.05) is 0 Å². The van der Waals surface area contributed by atoms with Gasteiger partial charge in [0.15, 0.2) is 0 Å². The minimum atomic E-state index is 0.433. The van der Waals surface area contributed by atoms with Crippen molar-refractivity contribution < 1.29 is 0 Å². The minimum Gasteiger partial charge on any atom is -0.313 e. The van der Waals surface area contributed by atoms with Crippen LogP contribution in [0.15, 0.2) is 0 Å². The SMILES string of the molecule is CC(C)C1CC(NCC(C)(C)C(C)C)C1. The predicted octanol–water partition coefficient (Wildman–Crippen LogP) is 3.69. The second-order valence-corrected chi connectivity index (χ2v) is 6.70. The van der Waals surface area contributed by atoms with E-state index in [9.17, 15) is 0 Å². The summed E-state index contributed by atoms with van der Waals surface area (Å²) in [4.78, 5) is 0. The highest BCUT2D eigenvalue weighted by atomic mass is 14.9. The molecule has 1 fully saturated rings. The maximum Gasteiger partial charge on any atom is 0.00727 e. The van der Waals surface area contributed by atoms with Crippen LogP contribution in [-0.4, -0.2) is 12.6 Å². The first kappa shape index (κ1) is 13.0. The summed E-state index contributed by atoms with van der Waals surface area (Å²) in [5, 5.41) is 3.73. The van der Waals surface area contributed by atoms with Crippen molar-refractivity contribution in [3.8, 4) is 0 Å². The van der Waals surface area contributed by atoms with E-state index in [4.69, 9.17) is 0 Å². The van der Waals surface area contributed by atoms with Crippen molar-refractivity contribution in [2.24, 2.45) is 23.2 Å². The smallest absolute Gasteiger partial charge is 0.00727 e. The Balaban J connectivity index is 2.18. The highest BCUT2D eigenvalue weighted by Crippen LogP contribution is 2.34. The maximum absolute atomic E-state index is 3.73. The van der Waals surface area contributed by atoms with Crippen LogP contribution in [0.3, 0.4) is 0 Å². The van der Waals surface area contributed by atoms with Gasteiger partial charge in [-0.1, -0.05) is 41.5 Å². The van der Waals surface area contributed by atoms with Crippen LogP contribution in [0.25, 0.3) is 0 Å². The van der Waals surface area contributed by atoms with E-state index < -0.39 is 0 Å². The third-order valence-corrected chi connectivity index (χ3v) is 4.53. The van der Waals surface area contributed by atoms with Gasteiger partial charge in [0.25, 0.3) is 0 Å². The first-order valence-electron chi connectivity index (χ1n) is 6.56. The van der Waals surface area contributed by atoms with Crippen molar-refractivity contribution >= 4 is 0 Å². The topological polar surface area (TPSA) is 12.0 Å². The lowest BCUT2D eigenvalue weighted by Crippen LogP contribution is -2.47. The standard InChI is InChI=1S/C14H29N/c1-10(2)12-7-13(8-12)15-9-14(5,6)11(3)4/h10-13,15H,7-9H2,1-6H3. The van der Waals surface area contributed by atoms with E-state index in [0.717, 1.165) is 23.8 Å². The van der Waals surface area contributed by atoms with Gasteiger partial charge >= 0.3 is 0 Å². The largest absolute Gasteiger partial charge is 0.313 e. The van der Waals surface area contributed by atoms with Gasteiger partial charge in [-0.2, -0.15) is 0 Å². The fourth-order valence-electron chi connectivity index (χ4n) is 1.98. The van der Waals surface area contributed by atoms with Gasteiger partial charge in [0.05, 0.1) is 0 Å². The Kier molecular flexibility index (Phi) is 4.22. The van der Waals surface area contributed by atoms with E-state index in [1.54, 1.807) is 0 Å². The molecule has 1 N–H and O–H groups in total. The molecule has 1 aliphatic carbocycles. The van der Waals surface area contributed by atoms with Gasteiger partial charge in [-0.25, -0.2) is 0 Å². The Morgan fingerprint density at radius 2 is 1.67 bits per heavy atom. The molecule has 1 saturated carbocycles. The molecule has 1 aliphatic rings. The van der Waals surface area contributed by atoms with Crippen LogP contribution >= 0.6 is 0 Å². The molecule has 0 spiro atoms. The first-order valence-corrected chi connectivity index (χ1v) is 6.56. The summed E-state index contributed by atoms with van der Waals surface area (Å²) in [6, 6.07) is 0.801. The molecule has 0 bridgehead atoms. The number of hydrogen-bond acceptors (Lipinski definition) is 1. The fraction of sp³-hybridized carbons (Fsp3) is 1.00. The van der Waals surface area contributed by atoms with E-state index in [2.05, 4.69) is 46.9 Å². The Labute approximate surface area is 96.0 Å². The van der Waals surface area contributed by atoms with Crippen LogP contribution < -0.4 is 5.32 Å². The van der Waals surface area contributed by atoms with Gasteiger partial charge in [-0.15, -0.1) is 0 Å². The third-order valence-electron chi connectivity index (χ3n) is 4.53. The molecule has 0 saturated heterocycles. The Morgan fingerprint density at radius 3 is 2.07 bits per heavy atom. The Hall–Kier alpha value is -0.0400. The van der Waals surface area contributed by atoms with Crippen LogP contribution in [-0.2, 0) is 0 Å². The van der Waals surface area contributed by atoms with Crippen molar-refractivity contribution in [3.63, 3.8) is 0 Å². The molecule has 0 aromatic carbocycles. The third kappa shape index (κ3) is 3.48. The second kappa shape index (κ2) is 4.86. The van der Waals surface area contributed by atoms with E-state index >= 15 is 0 Å². The average Bonchev–Trinajstić information content (AvgIpc) is 1.99. The highest BCUT2D eigenvalue weighted by Gasteiger charge is 2.32. The van der Waals surface area contributed by atoms with Crippen LogP contribution in [0, 0.1) is 23.2 Å². The molecule has 15 heavy (non-hydrogen) atoms. The van der Waals surface area contributed by atoms with Crippen molar-refractivity contribution in [2.75, 3.05) is 6.54 Å². The number of hydrogen-bond donors (Lipinski definition) is 1. The monoisotopic (exact) mass is 211 g/mol. The molecule has 0 unspecified atom stereocenters. The molecule has 1 nitrogen and oxygen atoms in total.